The van der Waals surface area contributed by atoms with Gasteiger partial charge in [0, 0.05) is 29.7 Å². The summed E-state index contributed by atoms with van der Waals surface area (Å²) in [6, 6.07) is 10.3. The third kappa shape index (κ3) is 4.84. The summed E-state index contributed by atoms with van der Waals surface area (Å²) in [5, 5.41) is 9.95. The van der Waals surface area contributed by atoms with Gasteiger partial charge in [-0.1, -0.05) is 29.3 Å². The molecule has 3 aromatic rings. The molecule has 53 heavy (non-hydrogen) atoms. The number of allylic oxidation sites excluding steroid dienone is 2. The summed E-state index contributed by atoms with van der Waals surface area (Å²) < 4.78 is 78.9. The van der Waals surface area contributed by atoms with Gasteiger partial charge in [0.1, 0.15) is 11.4 Å². The van der Waals surface area contributed by atoms with E-state index in [2.05, 4.69) is 4.90 Å². The molecule has 0 spiro atoms. The van der Waals surface area contributed by atoms with Gasteiger partial charge in [-0.25, -0.2) is 26.9 Å². The van der Waals surface area contributed by atoms with Crippen molar-refractivity contribution in [2.45, 2.75) is 28.5 Å². The van der Waals surface area contributed by atoms with E-state index < -0.39 is 98.2 Å². The van der Waals surface area contributed by atoms with Gasteiger partial charge in [-0.2, -0.15) is 0 Å². The Hall–Kier alpha value is -4.24. The fraction of sp³-hybridized carbons (Fsp3) is 0.333. The lowest BCUT2D eigenvalue weighted by molar-refractivity contribution is -0.125. The number of halogens is 8. The largest absolute Gasteiger partial charge is 0.508 e. The summed E-state index contributed by atoms with van der Waals surface area (Å²) >= 11 is 20.8. The predicted molar refractivity (Wildman–Crippen MR) is 182 cm³/mol. The molecule has 0 bridgehead atoms. The van der Waals surface area contributed by atoms with E-state index >= 15 is 8.78 Å². The molecule has 8 rings (SSSR count). The maximum atomic E-state index is 15.2. The highest BCUT2D eigenvalue weighted by atomic mass is 35.5. The van der Waals surface area contributed by atoms with Gasteiger partial charge in [-0.15, -0.1) is 23.2 Å². The Morgan fingerprint density at radius 1 is 0.755 bits per heavy atom. The normalized spacial score (nSPS) is 29.7. The zero-order valence-corrected chi connectivity index (χ0v) is 29.3. The summed E-state index contributed by atoms with van der Waals surface area (Å²) in [7, 11) is 0. The fourth-order valence-electron chi connectivity index (χ4n) is 8.55. The first-order valence-corrected chi connectivity index (χ1v) is 17.5. The molecule has 9 nitrogen and oxygen atoms in total. The van der Waals surface area contributed by atoms with E-state index in [1.807, 2.05) is 0 Å². The number of amides is 4. The second-order valence-corrected chi connectivity index (χ2v) is 15.2. The zero-order chi connectivity index (χ0) is 37.9. The van der Waals surface area contributed by atoms with E-state index in [-0.39, 0.29) is 38.9 Å². The first-order chi connectivity index (χ1) is 25.1. The molecule has 6 unspecified atom stereocenters. The molecule has 2 aliphatic carbocycles. The van der Waals surface area contributed by atoms with Crippen LogP contribution >= 0.6 is 34.8 Å². The van der Waals surface area contributed by atoms with Gasteiger partial charge in [-0.05, 0) is 60.7 Å². The lowest BCUT2D eigenvalue weighted by atomic mass is 9.56. The number of fused-ring (bicyclic) bond motifs is 4. The Kier molecular flexibility index (Phi) is 8.37. The van der Waals surface area contributed by atoms with Crippen LogP contribution in [0.2, 0.25) is 5.02 Å². The number of aromatic hydroxyl groups is 1. The number of benzene rings is 3. The molecule has 276 valence electrons. The highest BCUT2D eigenvalue weighted by Gasteiger charge is 2.77. The number of anilines is 3. The molecule has 4 fully saturated rings. The van der Waals surface area contributed by atoms with Gasteiger partial charge < -0.3 is 14.7 Å². The van der Waals surface area contributed by atoms with Gasteiger partial charge in [0.05, 0.1) is 30.7 Å². The standard InChI is InChI=1S/C36H25Cl3F5N3O6/c37-22-13-17(48)5-6-19(22)24-18-7-8-20-23(32(50)46(31(20)49)16-3-1-15(2-4-16)45-9-11-53-12-10-45)21(18)14-35(38)33(51)47(34(52)36(24,35)39)30-28(43)26(41)25(40)27(42)29(30)44/h1-7,13,20-21,23-24,48H,8-12,14H2. The molecular weight excluding hydrogens is 772 g/mol. The quantitative estimate of drug-likeness (QED) is 0.0820. The van der Waals surface area contributed by atoms with Gasteiger partial charge in [0.15, 0.2) is 33.0 Å². The lowest BCUT2D eigenvalue weighted by Crippen LogP contribution is -2.60. The molecule has 3 heterocycles. The monoisotopic (exact) mass is 795 g/mol. The second kappa shape index (κ2) is 12.4. The number of hydrogen-bond donors (Lipinski definition) is 1. The maximum absolute atomic E-state index is 15.2. The van der Waals surface area contributed by atoms with Crippen molar-refractivity contribution in [1.82, 2.24) is 0 Å². The van der Waals surface area contributed by atoms with E-state index in [1.54, 1.807) is 30.3 Å². The number of phenolic OH excluding ortho intramolecular Hbond substituents is 1. The van der Waals surface area contributed by atoms with Crippen molar-refractivity contribution in [1.29, 1.82) is 0 Å². The molecule has 1 N–H and O–H groups in total. The number of carbonyl (C=O) groups excluding carboxylic acids is 4. The first-order valence-electron chi connectivity index (χ1n) is 16.4. The SMILES string of the molecule is O=C1C2CC=C3C(CC4(Cl)C(=O)N(c5c(F)c(F)c(F)c(F)c5F)C(=O)C4(Cl)C3c3ccc(O)cc3Cl)C2C(=O)N1c1ccc(N2CCOCC2)cc1. The molecule has 0 aromatic heterocycles. The minimum Gasteiger partial charge on any atom is -0.508 e. The Morgan fingerprint density at radius 2 is 1.36 bits per heavy atom. The zero-order valence-electron chi connectivity index (χ0n) is 27.0. The molecule has 17 heteroatoms. The average Bonchev–Trinajstić information content (AvgIpc) is 3.48. The minimum absolute atomic E-state index is 0.00775. The minimum atomic E-state index is -2.73. The first kappa shape index (κ1) is 35.8. The lowest BCUT2D eigenvalue weighted by Gasteiger charge is -2.50. The van der Waals surface area contributed by atoms with Crippen molar-refractivity contribution < 1.29 is 51.0 Å². The third-order valence-corrected chi connectivity index (χ3v) is 12.7. The maximum Gasteiger partial charge on any atom is 0.258 e. The molecule has 4 amide bonds. The number of hydrogen-bond acceptors (Lipinski definition) is 7. The molecule has 3 saturated heterocycles. The Balaban J connectivity index is 1.25. The molecule has 3 aromatic carbocycles. The highest BCUT2D eigenvalue weighted by Crippen LogP contribution is 2.66. The van der Waals surface area contributed by atoms with E-state index in [0.717, 1.165) is 16.7 Å². The van der Waals surface area contributed by atoms with Crippen molar-refractivity contribution in [3.63, 3.8) is 0 Å². The summed E-state index contributed by atoms with van der Waals surface area (Å²) in [6.07, 6.45) is 0.868. The van der Waals surface area contributed by atoms with Crippen LogP contribution in [0.25, 0.3) is 0 Å². The number of phenols is 1. The fourth-order valence-corrected chi connectivity index (χ4v) is 9.76. The number of rotatable bonds is 4. The average molecular weight is 797 g/mol. The number of alkyl halides is 2. The van der Waals surface area contributed by atoms with Crippen LogP contribution in [0.5, 0.6) is 5.75 Å². The van der Waals surface area contributed by atoms with Crippen LogP contribution < -0.4 is 14.7 Å². The van der Waals surface area contributed by atoms with Crippen LogP contribution in [0.4, 0.5) is 39.0 Å². The molecule has 0 radical (unpaired) electrons. The molecule has 3 aliphatic heterocycles. The number of nitrogens with zero attached hydrogens (tertiary/aromatic N) is 3. The molecular formula is C36H25Cl3F5N3O6. The summed E-state index contributed by atoms with van der Waals surface area (Å²) in [5.74, 6) is -21.9. The van der Waals surface area contributed by atoms with Gasteiger partial charge in [0.2, 0.25) is 17.6 Å². The Labute approximate surface area is 312 Å². The van der Waals surface area contributed by atoms with Crippen molar-refractivity contribution in [3.8, 4) is 5.75 Å². The van der Waals surface area contributed by atoms with Crippen LogP contribution in [-0.4, -0.2) is 64.8 Å². The van der Waals surface area contributed by atoms with Crippen molar-refractivity contribution in [3.05, 3.63) is 93.8 Å². The van der Waals surface area contributed by atoms with Crippen molar-refractivity contribution in [2.75, 3.05) is 41.0 Å². The Morgan fingerprint density at radius 3 is 1.98 bits per heavy atom. The van der Waals surface area contributed by atoms with Crippen molar-refractivity contribution >= 4 is 75.5 Å². The number of carbonyl (C=O) groups is 4. The van der Waals surface area contributed by atoms with Crippen LogP contribution in [0, 0.1) is 46.8 Å². The summed E-state index contributed by atoms with van der Waals surface area (Å²) in [6.45, 7) is 2.39. The van der Waals surface area contributed by atoms with E-state index in [0.29, 0.717) is 26.3 Å². The second-order valence-electron chi connectivity index (χ2n) is 13.5. The number of imide groups is 2. The van der Waals surface area contributed by atoms with Crippen LogP contribution in [0.1, 0.15) is 24.3 Å². The van der Waals surface area contributed by atoms with Gasteiger partial charge in [0.25, 0.3) is 11.8 Å². The summed E-state index contributed by atoms with van der Waals surface area (Å²) in [4.78, 5) is 54.5. The van der Waals surface area contributed by atoms with E-state index in [9.17, 15) is 37.5 Å². The highest BCUT2D eigenvalue weighted by molar-refractivity contribution is 6.58. The predicted octanol–water partition coefficient (Wildman–Crippen LogP) is 6.35. The Bertz CT molecular complexity index is 2160. The van der Waals surface area contributed by atoms with E-state index in [1.165, 1.54) is 12.1 Å². The van der Waals surface area contributed by atoms with Crippen molar-refractivity contribution in [2.24, 2.45) is 17.8 Å². The van der Waals surface area contributed by atoms with Gasteiger partial charge >= 0.3 is 0 Å². The number of morpholine rings is 1. The third-order valence-electron chi connectivity index (χ3n) is 11.0. The van der Waals surface area contributed by atoms with Crippen LogP contribution in [0.3, 0.4) is 0 Å². The molecule has 6 atom stereocenters. The van der Waals surface area contributed by atoms with Crippen LogP contribution in [0.15, 0.2) is 54.1 Å². The van der Waals surface area contributed by atoms with Crippen LogP contribution in [-0.2, 0) is 23.9 Å². The summed E-state index contributed by atoms with van der Waals surface area (Å²) in [5.41, 5.74) is -0.527. The molecule has 5 aliphatic rings. The van der Waals surface area contributed by atoms with Gasteiger partial charge in [-0.3, -0.25) is 24.1 Å². The van der Waals surface area contributed by atoms with E-state index in [4.69, 9.17) is 39.5 Å². The smallest absolute Gasteiger partial charge is 0.258 e. The number of ether oxygens (including phenoxy) is 1. The topological polar surface area (TPSA) is 107 Å². The molecule has 1 saturated carbocycles.